The summed E-state index contributed by atoms with van der Waals surface area (Å²) in [6.07, 6.45) is 4.66. The number of carbonyl (C=O) groups is 1. The van der Waals surface area contributed by atoms with Crippen molar-refractivity contribution in [2.24, 2.45) is 0 Å². The van der Waals surface area contributed by atoms with Crippen molar-refractivity contribution in [3.8, 4) is 11.4 Å². The number of ether oxygens (including phenoxy) is 1. The summed E-state index contributed by atoms with van der Waals surface area (Å²) in [4.78, 5) is 31.9. The summed E-state index contributed by atoms with van der Waals surface area (Å²) in [7, 11) is 1.63. The molecule has 1 aromatic heterocycles. The molecule has 0 atom stereocenters. The lowest BCUT2D eigenvalue weighted by molar-refractivity contribution is -0.384. The number of hydrogen-bond donors (Lipinski definition) is 0. The molecule has 0 aliphatic carbocycles. The fraction of sp³-hybridized carbons (Fsp3) is 0.238. The molecule has 2 aromatic carbocycles. The number of carbonyl (C=O) groups excluding carboxylic acids is 1. The molecular weight excluding hydrogens is 386 g/mol. The van der Waals surface area contributed by atoms with E-state index < -0.39 is 4.92 Å². The van der Waals surface area contributed by atoms with Crippen molar-refractivity contribution in [3.05, 3.63) is 76.9 Å². The minimum atomic E-state index is -0.479. The van der Waals surface area contributed by atoms with Crippen LogP contribution in [0.2, 0.25) is 0 Å². The summed E-state index contributed by atoms with van der Waals surface area (Å²) in [5.74, 6) is 0.580. The van der Waals surface area contributed by atoms with Gasteiger partial charge < -0.3 is 19.1 Å². The Hall–Kier alpha value is -3.88. The van der Waals surface area contributed by atoms with Gasteiger partial charge in [-0.1, -0.05) is 6.07 Å². The second-order valence-corrected chi connectivity index (χ2v) is 6.91. The quantitative estimate of drug-likeness (QED) is 0.477. The zero-order chi connectivity index (χ0) is 21.1. The van der Waals surface area contributed by atoms with Crippen LogP contribution in [0.1, 0.15) is 10.4 Å². The molecule has 0 saturated carbocycles. The number of amides is 1. The molecule has 1 aliphatic rings. The number of anilines is 1. The van der Waals surface area contributed by atoms with E-state index in [4.69, 9.17) is 4.74 Å². The maximum atomic E-state index is 13.0. The van der Waals surface area contributed by atoms with E-state index in [9.17, 15) is 14.9 Å². The molecule has 1 aliphatic heterocycles. The number of aromatic nitrogens is 2. The number of hydrogen-bond acceptors (Lipinski definition) is 6. The highest BCUT2D eigenvalue weighted by atomic mass is 16.6. The molecule has 1 amide bonds. The molecule has 2 heterocycles. The Kier molecular flexibility index (Phi) is 5.34. The first-order valence-electron chi connectivity index (χ1n) is 9.52. The van der Waals surface area contributed by atoms with Crippen LogP contribution in [0.15, 0.2) is 61.2 Å². The van der Waals surface area contributed by atoms with Gasteiger partial charge in [0, 0.05) is 62.0 Å². The van der Waals surface area contributed by atoms with Crippen LogP contribution >= 0.6 is 0 Å². The van der Waals surface area contributed by atoms with E-state index in [0.717, 1.165) is 11.4 Å². The lowest BCUT2D eigenvalue weighted by Gasteiger charge is -2.36. The summed E-state index contributed by atoms with van der Waals surface area (Å²) in [5, 5.41) is 11.6. The van der Waals surface area contributed by atoms with Crippen molar-refractivity contribution in [2.45, 2.75) is 0 Å². The van der Waals surface area contributed by atoms with Gasteiger partial charge in [-0.2, -0.15) is 0 Å². The normalized spacial score (nSPS) is 13.9. The average molecular weight is 407 g/mol. The number of nitrogens with zero attached hydrogens (tertiary/aromatic N) is 5. The second-order valence-electron chi connectivity index (χ2n) is 6.91. The standard InChI is InChI=1S/C21H21N5O4/c1-30-18-4-2-3-17(14-18)23-9-11-24(12-10-23)21(27)16-5-6-19(20(13-16)26(28)29)25-8-7-22-15-25/h2-8,13-15H,9-12H2,1H3. The van der Waals surface area contributed by atoms with Crippen molar-refractivity contribution in [1.82, 2.24) is 14.5 Å². The second kappa shape index (κ2) is 8.24. The molecular formula is C21H21N5O4. The first-order valence-corrected chi connectivity index (χ1v) is 9.52. The molecule has 0 bridgehead atoms. The molecule has 0 spiro atoms. The van der Waals surface area contributed by atoms with Crippen LogP contribution in [0.3, 0.4) is 0 Å². The molecule has 9 heteroatoms. The lowest BCUT2D eigenvalue weighted by Crippen LogP contribution is -2.48. The van der Waals surface area contributed by atoms with Crippen LogP contribution in [0.25, 0.3) is 5.69 Å². The van der Waals surface area contributed by atoms with Crippen molar-refractivity contribution in [3.63, 3.8) is 0 Å². The third-order valence-electron chi connectivity index (χ3n) is 5.19. The van der Waals surface area contributed by atoms with E-state index in [1.54, 1.807) is 41.1 Å². The van der Waals surface area contributed by atoms with Crippen molar-refractivity contribution in [1.29, 1.82) is 0 Å². The molecule has 154 valence electrons. The fourth-order valence-corrected chi connectivity index (χ4v) is 3.58. The van der Waals surface area contributed by atoms with Gasteiger partial charge in [0.25, 0.3) is 11.6 Å². The van der Waals surface area contributed by atoms with Crippen LogP contribution in [0, 0.1) is 10.1 Å². The molecule has 0 radical (unpaired) electrons. The predicted molar refractivity (Wildman–Crippen MR) is 111 cm³/mol. The predicted octanol–water partition coefficient (Wildman–Crippen LogP) is 2.75. The number of piperazine rings is 1. The van der Waals surface area contributed by atoms with Crippen molar-refractivity contribution >= 4 is 17.3 Å². The van der Waals surface area contributed by atoms with Gasteiger partial charge in [0.05, 0.1) is 18.4 Å². The SMILES string of the molecule is COc1cccc(N2CCN(C(=O)c3ccc(-n4ccnc4)c([N+](=O)[O-])c3)CC2)c1. The highest BCUT2D eigenvalue weighted by Crippen LogP contribution is 2.26. The largest absolute Gasteiger partial charge is 0.497 e. The van der Waals surface area contributed by atoms with Gasteiger partial charge in [0.1, 0.15) is 11.4 Å². The van der Waals surface area contributed by atoms with Crippen LogP contribution < -0.4 is 9.64 Å². The Morgan fingerprint density at radius 3 is 2.60 bits per heavy atom. The molecule has 30 heavy (non-hydrogen) atoms. The minimum Gasteiger partial charge on any atom is -0.497 e. The molecule has 4 rings (SSSR count). The number of benzene rings is 2. The van der Waals surface area contributed by atoms with Gasteiger partial charge in [-0.3, -0.25) is 14.9 Å². The van der Waals surface area contributed by atoms with Crippen molar-refractivity contribution in [2.75, 3.05) is 38.2 Å². The summed E-state index contributed by atoms with van der Waals surface area (Å²) in [6.45, 7) is 2.42. The van der Waals surface area contributed by atoms with E-state index >= 15 is 0 Å². The lowest BCUT2D eigenvalue weighted by atomic mass is 10.1. The summed E-state index contributed by atoms with van der Waals surface area (Å²) < 4.78 is 6.83. The monoisotopic (exact) mass is 407 g/mol. The zero-order valence-electron chi connectivity index (χ0n) is 16.5. The van der Waals surface area contributed by atoms with Gasteiger partial charge in [-0.15, -0.1) is 0 Å². The van der Waals surface area contributed by atoms with E-state index in [1.807, 2.05) is 24.3 Å². The minimum absolute atomic E-state index is 0.131. The Morgan fingerprint density at radius 2 is 1.93 bits per heavy atom. The van der Waals surface area contributed by atoms with E-state index in [1.165, 1.54) is 12.4 Å². The number of nitro groups is 1. The maximum absolute atomic E-state index is 13.0. The van der Waals surface area contributed by atoms with E-state index in [0.29, 0.717) is 37.4 Å². The van der Waals surface area contributed by atoms with Gasteiger partial charge in [0.2, 0.25) is 0 Å². The Bertz CT molecular complexity index is 1060. The Morgan fingerprint density at radius 1 is 1.13 bits per heavy atom. The van der Waals surface area contributed by atoms with Crippen LogP contribution in [0.4, 0.5) is 11.4 Å². The summed E-state index contributed by atoms with van der Waals surface area (Å²) in [5.41, 5.74) is 1.59. The smallest absolute Gasteiger partial charge is 0.294 e. The summed E-state index contributed by atoms with van der Waals surface area (Å²) >= 11 is 0. The van der Waals surface area contributed by atoms with Gasteiger partial charge in [0.15, 0.2) is 0 Å². The third kappa shape index (κ3) is 3.82. The number of imidazole rings is 1. The van der Waals surface area contributed by atoms with Crippen molar-refractivity contribution < 1.29 is 14.5 Å². The topological polar surface area (TPSA) is 93.7 Å². The first-order chi connectivity index (χ1) is 14.6. The number of rotatable bonds is 5. The molecule has 1 fully saturated rings. The van der Waals surface area contributed by atoms with Crippen LogP contribution in [-0.2, 0) is 0 Å². The Labute approximate surface area is 173 Å². The van der Waals surface area contributed by atoms with E-state index in [2.05, 4.69) is 9.88 Å². The highest BCUT2D eigenvalue weighted by molar-refractivity contribution is 5.95. The zero-order valence-corrected chi connectivity index (χ0v) is 16.5. The molecule has 0 unspecified atom stereocenters. The molecule has 9 nitrogen and oxygen atoms in total. The van der Waals surface area contributed by atoms with Gasteiger partial charge in [-0.25, -0.2) is 4.98 Å². The fourth-order valence-electron chi connectivity index (χ4n) is 3.58. The molecule has 3 aromatic rings. The summed E-state index contributed by atoms with van der Waals surface area (Å²) in [6, 6.07) is 12.4. The highest BCUT2D eigenvalue weighted by Gasteiger charge is 2.25. The van der Waals surface area contributed by atoms with Crippen LogP contribution in [0.5, 0.6) is 5.75 Å². The first kappa shape index (κ1) is 19.4. The van der Waals surface area contributed by atoms with Gasteiger partial charge >= 0.3 is 0 Å². The maximum Gasteiger partial charge on any atom is 0.294 e. The third-order valence-corrected chi connectivity index (χ3v) is 5.19. The molecule has 1 saturated heterocycles. The Balaban J connectivity index is 1.49. The van der Waals surface area contributed by atoms with Gasteiger partial charge in [-0.05, 0) is 24.3 Å². The van der Waals surface area contributed by atoms with Crippen LogP contribution in [-0.4, -0.2) is 58.6 Å². The molecule has 0 N–H and O–H groups in total. The van der Waals surface area contributed by atoms with E-state index in [-0.39, 0.29) is 11.6 Å². The number of nitro benzene ring substituents is 1. The number of methoxy groups -OCH3 is 1. The average Bonchev–Trinajstić information content (AvgIpc) is 3.33.